The maximum atomic E-state index is 12.8. The van der Waals surface area contributed by atoms with E-state index in [1.807, 2.05) is 22.9 Å². The lowest BCUT2D eigenvalue weighted by Crippen LogP contribution is -2.25. The third kappa shape index (κ3) is 4.49. The molecule has 1 aliphatic carbocycles. The number of nitrogens with one attached hydrogen (secondary N) is 1. The molecule has 0 saturated heterocycles. The summed E-state index contributed by atoms with van der Waals surface area (Å²) in [5.41, 5.74) is 2.12. The molecular formula is C23H24ClN3O3. The summed E-state index contributed by atoms with van der Waals surface area (Å²) in [6.45, 7) is 2.12. The number of fused-ring (bicyclic) bond motifs is 1. The van der Waals surface area contributed by atoms with Crippen LogP contribution in [0.1, 0.15) is 44.3 Å². The van der Waals surface area contributed by atoms with Crippen molar-refractivity contribution >= 4 is 40.1 Å². The SMILES string of the molecule is CC(=O)OC(C(=O)Nc1ccc2c(c1)c(Cl)nn2CCC1CCC1)c1ccccc1. The van der Waals surface area contributed by atoms with Gasteiger partial charge in [0, 0.05) is 30.1 Å². The number of hydrogen-bond donors (Lipinski definition) is 1. The fraction of sp³-hybridized carbons (Fsp3) is 0.348. The average Bonchev–Trinajstić information content (AvgIpc) is 3.01. The Labute approximate surface area is 180 Å². The lowest BCUT2D eigenvalue weighted by Gasteiger charge is -2.25. The van der Waals surface area contributed by atoms with Gasteiger partial charge in [-0.25, -0.2) is 0 Å². The fourth-order valence-corrected chi connectivity index (χ4v) is 3.99. The monoisotopic (exact) mass is 425 g/mol. The van der Waals surface area contributed by atoms with Crippen LogP contribution in [0.25, 0.3) is 10.9 Å². The van der Waals surface area contributed by atoms with Gasteiger partial charge < -0.3 is 10.1 Å². The quantitative estimate of drug-likeness (QED) is 0.533. The van der Waals surface area contributed by atoms with Crippen LogP contribution in [0.5, 0.6) is 0 Å². The van der Waals surface area contributed by atoms with E-state index >= 15 is 0 Å². The zero-order valence-electron chi connectivity index (χ0n) is 16.8. The predicted octanol–water partition coefficient (Wildman–Crippen LogP) is 5.12. The Hall–Kier alpha value is -2.86. The molecule has 156 valence electrons. The molecule has 1 atom stereocenters. The van der Waals surface area contributed by atoms with E-state index in [1.165, 1.54) is 26.2 Å². The smallest absolute Gasteiger partial charge is 0.303 e. The molecule has 2 aromatic carbocycles. The maximum absolute atomic E-state index is 12.8. The van der Waals surface area contributed by atoms with Crippen LogP contribution in [-0.4, -0.2) is 21.7 Å². The van der Waals surface area contributed by atoms with Gasteiger partial charge in [-0.15, -0.1) is 0 Å². The van der Waals surface area contributed by atoms with E-state index in [0.717, 1.165) is 29.8 Å². The van der Waals surface area contributed by atoms with Crippen molar-refractivity contribution in [1.82, 2.24) is 9.78 Å². The number of esters is 1. The molecule has 1 amide bonds. The maximum Gasteiger partial charge on any atom is 0.303 e. The zero-order chi connectivity index (χ0) is 21.1. The summed E-state index contributed by atoms with van der Waals surface area (Å²) in [6, 6.07) is 14.5. The molecule has 1 fully saturated rings. The van der Waals surface area contributed by atoms with Crippen molar-refractivity contribution in [2.75, 3.05) is 5.32 Å². The molecule has 7 heteroatoms. The number of ether oxygens (including phenoxy) is 1. The highest BCUT2D eigenvalue weighted by Crippen LogP contribution is 2.32. The summed E-state index contributed by atoms with van der Waals surface area (Å²) in [5.74, 6) is -0.160. The molecule has 1 unspecified atom stereocenters. The van der Waals surface area contributed by atoms with Crippen molar-refractivity contribution in [2.45, 2.75) is 45.3 Å². The van der Waals surface area contributed by atoms with Gasteiger partial charge in [-0.2, -0.15) is 5.10 Å². The Balaban J connectivity index is 1.52. The molecule has 0 radical (unpaired) electrons. The summed E-state index contributed by atoms with van der Waals surface area (Å²) in [5, 5.41) is 8.49. The number of aromatic nitrogens is 2. The van der Waals surface area contributed by atoms with Gasteiger partial charge in [0.15, 0.2) is 5.15 Å². The number of anilines is 1. The summed E-state index contributed by atoms with van der Waals surface area (Å²) in [7, 11) is 0. The Morgan fingerprint density at radius 2 is 2.00 bits per heavy atom. The van der Waals surface area contributed by atoms with E-state index in [1.54, 1.807) is 30.3 Å². The van der Waals surface area contributed by atoms with Crippen LogP contribution < -0.4 is 5.32 Å². The first kappa shape index (κ1) is 20.4. The number of hydrogen-bond acceptors (Lipinski definition) is 4. The van der Waals surface area contributed by atoms with Gasteiger partial charge in [-0.1, -0.05) is 61.2 Å². The van der Waals surface area contributed by atoms with Crippen molar-refractivity contribution in [1.29, 1.82) is 0 Å². The minimum atomic E-state index is -1.03. The number of halogens is 1. The molecule has 1 aromatic heterocycles. The number of amides is 1. The number of carbonyl (C=O) groups is 2. The van der Waals surface area contributed by atoms with E-state index in [0.29, 0.717) is 16.4 Å². The average molecular weight is 426 g/mol. The molecule has 0 aliphatic heterocycles. The number of carbonyl (C=O) groups excluding carboxylic acids is 2. The van der Waals surface area contributed by atoms with Crippen molar-refractivity contribution in [3.05, 3.63) is 59.2 Å². The van der Waals surface area contributed by atoms with Crippen LogP contribution in [-0.2, 0) is 20.9 Å². The number of aryl methyl sites for hydroxylation is 1. The molecule has 6 nitrogen and oxygen atoms in total. The van der Waals surface area contributed by atoms with Crippen LogP contribution in [0, 0.1) is 5.92 Å². The van der Waals surface area contributed by atoms with E-state index in [2.05, 4.69) is 10.4 Å². The Kier molecular flexibility index (Phi) is 6.04. The van der Waals surface area contributed by atoms with Crippen molar-refractivity contribution < 1.29 is 14.3 Å². The lowest BCUT2D eigenvalue weighted by atomic mass is 9.83. The van der Waals surface area contributed by atoms with Gasteiger partial charge in [0.05, 0.1) is 5.52 Å². The topological polar surface area (TPSA) is 73.2 Å². The zero-order valence-corrected chi connectivity index (χ0v) is 17.6. The lowest BCUT2D eigenvalue weighted by molar-refractivity contribution is -0.152. The van der Waals surface area contributed by atoms with Gasteiger partial charge in [0.1, 0.15) is 0 Å². The van der Waals surface area contributed by atoms with Gasteiger partial charge in [-0.3, -0.25) is 14.3 Å². The third-order valence-electron chi connectivity index (χ3n) is 5.57. The predicted molar refractivity (Wildman–Crippen MR) is 116 cm³/mol. The van der Waals surface area contributed by atoms with E-state index in [9.17, 15) is 9.59 Å². The second-order valence-corrected chi connectivity index (χ2v) is 8.08. The molecule has 1 heterocycles. The molecule has 3 aromatic rings. The molecule has 0 spiro atoms. The van der Waals surface area contributed by atoms with E-state index < -0.39 is 18.0 Å². The third-order valence-corrected chi connectivity index (χ3v) is 5.85. The second-order valence-electron chi connectivity index (χ2n) is 7.72. The minimum absolute atomic E-state index is 0.411. The van der Waals surface area contributed by atoms with Crippen LogP contribution in [0.3, 0.4) is 0 Å². The van der Waals surface area contributed by atoms with Crippen molar-refractivity contribution in [3.63, 3.8) is 0 Å². The number of nitrogens with zero attached hydrogens (tertiary/aromatic N) is 2. The molecule has 0 bridgehead atoms. The minimum Gasteiger partial charge on any atom is -0.447 e. The van der Waals surface area contributed by atoms with Crippen LogP contribution in [0.15, 0.2) is 48.5 Å². The largest absolute Gasteiger partial charge is 0.447 e. The summed E-state index contributed by atoms with van der Waals surface area (Å²) < 4.78 is 7.20. The molecular weight excluding hydrogens is 402 g/mol. The Morgan fingerprint density at radius 3 is 2.67 bits per heavy atom. The molecule has 4 rings (SSSR count). The first-order valence-corrected chi connectivity index (χ1v) is 10.6. The van der Waals surface area contributed by atoms with Gasteiger partial charge in [0.25, 0.3) is 5.91 Å². The van der Waals surface area contributed by atoms with E-state index in [4.69, 9.17) is 16.3 Å². The molecule has 1 aliphatic rings. The van der Waals surface area contributed by atoms with E-state index in [-0.39, 0.29) is 0 Å². The van der Waals surface area contributed by atoms with Crippen molar-refractivity contribution in [2.24, 2.45) is 5.92 Å². The highest BCUT2D eigenvalue weighted by molar-refractivity contribution is 6.34. The molecule has 1 N–H and O–H groups in total. The van der Waals surface area contributed by atoms with Gasteiger partial charge in [-0.05, 0) is 30.5 Å². The Bertz CT molecular complexity index is 1060. The van der Waals surface area contributed by atoms with Gasteiger partial charge >= 0.3 is 5.97 Å². The second kappa shape index (κ2) is 8.88. The van der Waals surface area contributed by atoms with Gasteiger partial charge in [0.2, 0.25) is 6.10 Å². The van der Waals surface area contributed by atoms with Crippen LogP contribution in [0.2, 0.25) is 5.15 Å². The van der Waals surface area contributed by atoms with Crippen molar-refractivity contribution in [3.8, 4) is 0 Å². The molecule has 30 heavy (non-hydrogen) atoms. The summed E-state index contributed by atoms with van der Waals surface area (Å²) in [6.07, 6.45) is 4.00. The van der Waals surface area contributed by atoms with Crippen LogP contribution in [0.4, 0.5) is 5.69 Å². The first-order chi connectivity index (χ1) is 14.5. The Morgan fingerprint density at radius 1 is 1.23 bits per heavy atom. The highest BCUT2D eigenvalue weighted by atomic mass is 35.5. The highest BCUT2D eigenvalue weighted by Gasteiger charge is 2.24. The first-order valence-electron chi connectivity index (χ1n) is 10.2. The summed E-state index contributed by atoms with van der Waals surface area (Å²) in [4.78, 5) is 24.4. The van der Waals surface area contributed by atoms with Crippen LogP contribution >= 0.6 is 11.6 Å². The fourth-order valence-electron chi connectivity index (χ4n) is 3.75. The number of rotatable bonds is 7. The standard InChI is InChI=1S/C23H24ClN3O3/c1-15(28)30-21(17-8-3-2-4-9-17)23(29)25-18-10-11-20-19(14-18)22(24)26-27(20)13-12-16-6-5-7-16/h2-4,8-11,14,16,21H,5-7,12-13H2,1H3,(H,25,29). The normalized spacial score (nSPS) is 14.9. The number of benzene rings is 2. The molecule has 1 saturated carbocycles. The summed E-state index contributed by atoms with van der Waals surface area (Å²) >= 11 is 6.36.